The molecule has 27 heavy (non-hydrogen) atoms. The number of para-hydroxylation sites is 1. The lowest BCUT2D eigenvalue weighted by molar-refractivity contribution is 0.0941. The highest BCUT2D eigenvalue weighted by molar-refractivity contribution is 6.07. The summed E-state index contributed by atoms with van der Waals surface area (Å²) in [5.74, 6) is -0.136. The van der Waals surface area contributed by atoms with Gasteiger partial charge in [-0.25, -0.2) is 4.98 Å². The lowest BCUT2D eigenvalue weighted by atomic mass is 10.0. The normalized spacial score (nSPS) is 11.9. The van der Waals surface area contributed by atoms with Crippen LogP contribution in [0.1, 0.15) is 28.9 Å². The minimum Gasteiger partial charge on any atom is -0.345 e. The fourth-order valence-corrected chi connectivity index (χ4v) is 3.04. The van der Waals surface area contributed by atoms with Crippen molar-refractivity contribution in [1.29, 1.82) is 0 Å². The van der Waals surface area contributed by atoms with Crippen LogP contribution in [0.4, 0.5) is 0 Å². The van der Waals surface area contributed by atoms with Crippen LogP contribution in [0.25, 0.3) is 22.2 Å². The van der Waals surface area contributed by atoms with Gasteiger partial charge in [-0.05, 0) is 48.9 Å². The van der Waals surface area contributed by atoms with E-state index in [0.717, 1.165) is 27.7 Å². The lowest BCUT2D eigenvalue weighted by Gasteiger charge is -2.16. The minimum atomic E-state index is -0.136. The molecule has 0 aliphatic rings. The highest BCUT2D eigenvalue weighted by Gasteiger charge is 2.16. The topological polar surface area (TPSA) is 67.8 Å². The minimum absolute atomic E-state index is 0.130. The molecular formula is C22H18N4O. The molecule has 1 atom stereocenters. The van der Waals surface area contributed by atoms with E-state index in [-0.39, 0.29) is 11.9 Å². The first-order valence-electron chi connectivity index (χ1n) is 8.73. The summed E-state index contributed by atoms with van der Waals surface area (Å²) >= 11 is 0. The number of hydrogen-bond acceptors (Lipinski definition) is 4. The Labute approximate surface area is 157 Å². The maximum atomic E-state index is 13.1. The van der Waals surface area contributed by atoms with Gasteiger partial charge in [0.1, 0.15) is 0 Å². The quantitative estimate of drug-likeness (QED) is 0.597. The van der Waals surface area contributed by atoms with Crippen LogP contribution in [0.15, 0.2) is 79.4 Å². The average Bonchev–Trinajstić information content (AvgIpc) is 2.74. The van der Waals surface area contributed by atoms with Crippen molar-refractivity contribution in [3.05, 3.63) is 90.5 Å². The van der Waals surface area contributed by atoms with Gasteiger partial charge in [0.2, 0.25) is 0 Å². The number of nitrogens with zero attached hydrogens (tertiary/aromatic N) is 3. The Bertz CT molecular complexity index is 1080. The Balaban J connectivity index is 1.74. The van der Waals surface area contributed by atoms with E-state index in [1.165, 1.54) is 0 Å². The van der Waals surface area contributed by atoms with Gasteiger partial charge in [0.05, 0.1) is 22.8 Å². The van der Waals surface area contributed by atoms with Crippen molar-refractivity contribution in [2.24, 2.45) is 0 Å². The molecule has 1 amide bonds. The average molecular weight is 354 g/mol. The van der Waals surface area contributed by atoms with Crippen LogP contribution in [-0.4, -0.2) is 20.9 Å². The van der Waals surface area contributed by atoms with Crippen molar-refractivity contribution >= 4 is 16.8 Å². The SMILES string of the molecule is CC(NC(=O)c1cc(-c2cccnc2)nc2ccccc12)c1ccncc1. The third-order valence-corrected chi connectivity index (χ3v) is 4.47. The number of carbonyl (C=O) groups is 1. The first-order valence-corrected chi connectivity index (χ1v) is 8.73. The Hall–Kier alpha value is -3.60. The Morgan fingerprint density at radius 1 is 0.963 bits per heavy atom. The molecule has 0 saturated heterocycles. The van der Waals surface area contributed by atoms with E-state index in [4.69, 9.17) is 4.98 Å². The number of aromatic nitrogens is 3. The van der Waals surface area contributed by atoms with Gasteiger partial charge in [-0.3, -0.25) is 14.8 Å². The molecule has 0 fully saturated rings. The van der Waals surface area contributed by atoms with Crippen molar-refractivity contribution in [3.8, 4) is 11.3 Å². The van der Waals surface area contributed by atoms with E-state index in [1.54, 1.807) is 24.8 Å². The summed E-state index contributed by atoms with van der Waals surface area (Å²) in [7, 11) is 0. The van der Waals surface area contributed by atoms with E-state index in [0.29, 0.717) is 5.56 Å². The molecule has 0 saturated carbocycles. The Morgan fingerprint density at radius 2 is 1.78 bits per heavy atom. The predicted molar refractivity (Wildman–Crippen MR) is 105 cm³/mol. The van der Waals surface area contributed by atoms with E-state index in [1.807, 2.05) is 61.5 Å². The molecule has 4 rings (SSSR count). The first-order chi connectivity index (χ1) is 13.2. The molecule has 3 aromatic heterocycles. The van der Waals surface area contributed by atoms with Crippen molar-refractivity contribution in [3.63, 3.8) is 0 Å². The van der Waals surface area contributed by atoms with Gasteiger partial charge in [0.15, 0.2) is 0 Å². The zero-order chi connectivity index (χ0) is 18.6. The number of rotatable bonds is 4. The second-order valence-corrected chi connectivity index (χ2v) is 6.29. The molecule has 1 aromatic carbocycles. The highest BCUT2D eigenvalue weighted by Crippen LogP contribution is 2.25. The molecule has 3 heterocycles. The highest BCUT2D eigenvalue weighted by atomic mass is 16.1. The number of fused-ring (bicyclic) bond motifs is 1. The summed E-state index contributed by atoms with van der Waals surface area (Å²) in [4.78, 5) is 25.9. The van der Waals surface area contributed by atoms with E-state index in [9.17, 15) is 4.79 Å². The predicted octanol–water partition coefficient (Wildman–Crippen LogP) is 4.18. The summed E-state index contributed by atoms with van der Waals surface area (Å²) in [6.07, 6.45) is 6.91. The summed E-state index contributed by atoms with van der Waals surface area (Å²) < 4.78 is 0. The first kappa shape index (κ1) is 16.8. The van der Waals surface area contributed by atoms with Crippen LogP contribution >= 0.6 is 0 Å². The maximum absolute atomic E-state index is 13.1. The molecule has 0 spiro atoms. The van der Waals surface area contributed by atoms with Crippen LogP contribution in [0.2, 0.25) is 0 Å². The standard InChI is InChI=1S/C22H18N4O/c1-15(16-8-11-23-12-9-16)25-22(27)19-13-21(17-5-4-10-24-14-17)26-20-7-3-2-6-18(19)20/h2-15H,1H3,(H,25,27). The largest absolute Gasteiger partial charge is 0.345 e. The van der Waals surface area contributed by atoms with Gasteiger partial charge in [-0.15, -0.1) is 0 Å². The van der Waals surface area contributed by atoms with E-state index < -0.39 is 0 Å². The zero-order valence-electron chi connectivity index (χ0n) is 14.8. The van der Waals surface area contributed by atoms with Crippen molar-refractivity contribution in [2.75, 3.05) is 0 Å². The lowest BCUT2D eigenvalue weighted by Crippen LogP contribution is -2.27. The molecule has 0 aliphatic carbocycles. The monoisotopic (exact) mass is 354 g/mol. The summed E-state index contributed by atoms with van der Waals surface area (Å²) in [6, 6.07) is 17.0. The zero-order valence-corrected chi connectivity index (χ0v) is 14.8. The summed E-state index contributed by atoms with van der Waals surface area (Å²) in [6.45, 7) is 1.96. The van der Waals surface area contributed by atoms with Gasteiger partial charge in [-0.2, -0.15) is 0 Å². The Kier molecular flexibility index (Phi) is 4.58. The molecule has 0 radical (unpaired) electrons. The number of pyridine rings is 3. The fourth-order valence-electron chi connectivity index (χ4n) is 3.04. The molecule has 1 unspecified atom stereocenters. The number of benzene rings is 1. The van der Waals surface area contributed by atoms with Crippen molar-refractivity contribution in [1.82, 2.24) is 20.3 Å². The number of hydrogen-bond donors (Lipinski definition) is 1. The maximum Gasteiger partial charge on any atom is 0.252 e. The molecule has 0 aliphatic heterocycles. The van der Waals surface area contributed by atoms with Gasteiger partial charge in [0.25, 0.3) is 5.91 Å². The van der Waals surface area contributed by atoms with Gasteiger partial charge in [-0.1, -0.05) is 18.2 Å². The summed E-state index contributed by atoms with van der Waals surface area (Å²) in [5.41, 5.74) is 3.98. The van der Waals surface area contributed by atoms with Crippen molar-refractivity contribution < 1.29 is 4.79 Å². The third-order valence-electron chi connectivity index (χ3n) is 4.47. The second kappa shape index (κ2) is 7.33. The van der Waals surface area contributed by atoms with Crippen LogP contribution in [0, 0.1) is 0 Å². The van der Waals surface area contributed by atoms with Gasteiger partial charge >= 0.3 is 0 Å². The number of amides is 1. The van der Waals surface area contributed by atoms with Gasteiger partial charge in [0, 0.05) is 35.7 Å². The molecule has 1 N–H and O–H groups in total. The molecule has 132 valence electrons. The molecule has 0 bridgehead atoms. The second-order valence-electron chi connectivity index (χ2n) is 6.29. The smallest absolute Gasteiger partial charge is 0.252 e. The Morgan fingerprint density at radius 3 is 2.56 bits per heavy atom. The van der Waals surface area contributed by atoms with Crippen LogP contribution < -0.4 is 5.32 Å². The third kappa shape index (κ3) is 3.53. The van der Waals surface area contributed by atoms with Crippen molar-refractivity contribution in [2.45, 2.75) is 13.0 Å². The summed E-state index contributed by atoms with van der Waals surface area (Å²) in [5, 5.41) is 3.90. The number of nitrogens with one attached hydrogen (secondary N) is 1. The van der Waals surface area contributed by atoms with Crippen LogP contribution in [-0.2, 0) is 0 Å². The molecule has 5 heteroatoms. The van der Waals surface area contributed by atoms with Crippen LogP contribution in [0.5, 0.6) is 0 Å². The molecular weight excluding hydrogens is 336 g/mol. The van der Waals surface area contributed by atoms with Crippen LogP contribution in [0.3, 0.4) is 0 Å². The number of carbonyl (C=O) groups excluding carboxylic acids is 1. The molecule has 5 nitrogen and oxygen atoms in total. The molecule has 4 aromatic rings. The van der Waals surface area contributed by atoms with E-state index >= 15 is 0 Å². The fraction of sp³-hybridized carbons (Fsp3) is 0.0909. The van der Waals surface area contributed by atoms with E-state index in [2.05, 4.69) is 15.3 Å². The van der Waals surface area contributed by atoms with Gasteiger partial charge < -0.3 is 5.32 Å².